The maximum Gasteiger partial charge on any atom is 0.0624 e. The minimum Gasteiger partial charge on any atom is -0.398 e. The summed E-state index contributed by atoms with van der Waals surface area (Å²) in [5.41, 5.74) is 6.70. The van der Waals surface area contributed by atoms with Crippen LogP contribution < -0.4 is 5.73 Å². The number of nitrogens with two attached hydrogens (primary N) is 1. The minimum atomic E-state index is -0.0739. The molecule has 0 aromatic heterocycles. The Balaban J connectivity index is 2.84. The van der Waals surface area contributed by atoms with Crippen molar-refractivity contribution in [2.75, 3.05) is 5.73 Å². The fourth-order valence-electron chi connectivity index (χ4n) is 0.914. The van der Waals surface area contributed by atoms with Crippen molar-refractivity contribution in [3.05, 3.63) is 24.3 Å². The number of nitrogen functional groups attached to an aromatic ring is 1. The molecule has 0 aliphatic rings. The molecule has 0 heterocycles. The summed E-state index contributed by atoms with van der Waals surface area (Å²) in [5.74, 6) is 0.496. The molecule has 3 heteroatoms. The topological polar surface area (TPSA) is 26.0 Å². The number of hydrogen-bond donors (Lipinski definition) is 2. The van der Waals surface area contributed by atoms with Crippen LogP contribution in [0, 0.1) is 5.92 Å². The fourth-order valence-corrected chi connectivity index (χ4v) is 2.22. The van der Waals surface area contributed by atoms with E-state index >= 15 is 0 Å². The van der Waals surface area contributed by atoms with Gasteiger partial charge in [0.2, 0.25) is 0 Å². The Kier molecular flexibility index (Phi) is 3.78. The highest BCUT2D eigenvalue weighted by atomic mass is 32.2. The lowest BCUT2D eigenvalue weighted by molar-refractivity contribution is 0.608. The lowest BCUT2D eigenvalue weighted by atomic mass is 10.1. The van der Waals surface area contributed by atoms with Crippen molar-refractivity contribution in [3.63, 3.8) is 0 Å². The Morgan fingerprint density at radius 1 is 1.36 bits per heavy atom. The van der Waals surface area contributed by atoms with Gasteiger partial charge in [-0.15, -0.1) is 11.8 Å². The quantitative estimate of drug-likeness (QED) is 0.357. The first-order chi connectivity index (χ1) is 6.43. The number of para-hydroxylation sites is 1. The SMILES string of the molecule is CC(C)C(C)(S)Sc1ccccc1N. The van der Waals surface area contributed by atoms with Crippen molar-refractivity contribution in [3.8, 4) is 0 Å². The molecule has 0 saturated heterocycles. The van der Waals surface area contributed by atoms with Crippen LogP contribution in [-0.4, -0.2) is 4.08 Å². The molecular weight excluding hydrogens is 210 g/mol. The van der Waals surface area contributed by atoms with Crippen molar-refractivity contribution < 1.29 is 0 Å². The standard InChI is InChI=1S/C11H17NS2/c1-8(2)11(3,13)14-10-7-5-4-6-9(10)12/h4-8,13H,12H2,1-3H3. The number of rotatable bonds is 3. The first-order valence-corrected chi connectivity index (χ1v) is 5.95. The maximum atomic E-state index is 5.87. The van der Waals surface area contributed by atoms with Crippen LogP contribution >= 0.6 is 24.4 Å². The summed E-state index contributed by atoms with van der Waals surface area (Å²) in [6, 6.07) is 7.91. The van der Waals surface area contributed by atoms with Crippen LogP contribution in [0.1, 0.15) is 20.8 Å². The zero-order chi connectivity index (χ0) is 10.8. The van der Waals surface area contributed by atoms with Gasteiger partial charge in [-0.05, 0) is 25.0 Å². The van der Waals surface area contributed by atoms with Gasteiger partial charge in [0.05, 0.1) is 4.08 Å². The Morgan fingerprint density at radius 2 is 1.93 bits per heavy atom. The van der Waals surface area contributed by atoms with E-state index in [1.807, 2.05) is 24.3 Å². The molecular formula is C11H17NS2. The fraction of sp³-hybridized carbons (Fsp3) is 0.455. The van der Waals surface area contributed by atoms with E-state index in [2.05, 4.69) is 33.4 Å². The summed E-state index contributed by atoms with van der Waals surface area (Å²) >= 11 is 6.37. The minimum absolute atomic E-state index is 0.0739. The summed E-state index contributed by atoms with van der Waals surface area (Å²) in [6.45, 7) is 6.45. The Hall–Kier alpha value is -0.280. The van der Waals surface area contributed by atoms with Gasteiger partial charge in [0, 0.05) is 10.6 Å². The normalized spacial score (nSPS) is 15.5. The van der Waals surface area contributed by atoms with Crippen molar-refractivity contribution in [1.29, 1.82) is 0 Å². The van der Waals surface area contributed by atoms with Crippen molar-refractivity contribution in [2.45, 2.75) is 29.7 Å². The zero-order valence-electron chi connectivity index (χ0n) is 8.82. The van der Waals surface area contributed by atoms with E-state index in [9.17, 15) is 0 Å². The van der Waals surface area contributed by atoms with Crippen molar-refractivity contribution >= 4 is 30.1 Å². The Bertz CT molecular complexity index is 308. The second-order valence-corrected chi connectivity index (χ2v) is 6.57. The van der Waals surface area contributed by atoms with Gasteiger partial charge in [0.25, 0.3) is 0 Å². The Morgan fingerprint density at radius 3 is 2.43 bits per heavy atom. The maximum absolute atomic E-state index is 5.87. The van der Waals surface area contributed by atoms with Gasteiger partial charge in [0.15, 0.2) is 0 Å². The van der Waals surface area contributed by atoms with Crippen LogP contribution in [0.4, 0.5) is 5.69 Å². The highest BCUT2D eigenvalue weighted by molar-refractivity contribution is 8.11. The highest BCUT2D eigenvalue weighted by Gasteiger charge is 2.25. The lowest BCUT2D eigenvalue weighted by Crippen LogP contribution is -2.19. The summed E-state index contributed by atoms with van der Waals surface area (Å²) < 4.78 is -0.0739. The Labute approximate surface area is 95.9 Å². The van der Waals surface area contributed by atoms with Crippen LogP contribution in [0.25, 0.3) is 0 Å². The van der Waals surface area contributed by atoms with E-state index in [1.54, 1.807) is 11.8 Å². The molecule has 1 aromatic carbocycles. The van der Waals surface area contributed by atoms with E-state index in [1.165, 1.54) is 0 Å². The van der Waals surface area contributed by atoms with Gasteiger partial charge < -0.3 is 5.73 Å². The van der Waals surface area contributed by atoms with Crippen LogP contribution in [0.2, 0.25) is 0 Å². The molecule has 0 saturated carbocycles. The summed E-state index contributed by atoms with van der Waals surface area (Å²) in [7, 11) is 0. The first kappa shape index (κ1) is 11.8. The number of thiol groups is 1. The molecule has 1 aromatic rings. The largest absolute Gasteiger partial charge is 0.398 e. The molecule has 0 aliphatic carbocycles. The highest BCUT2D eigenvalue weighted by Crippen LogP contribution is 2.43. The lowest BCUT2D eigenvalue weighted by Gasteiger charge is -2.27. The second-order valence-electron chi connectivity index (χ2n) is 3.85. The zero-order valence-corrected chi connectivity index (χ0v) is 10.5. The van der Waals surface area contributed by atoms with Gasteiger partial charge in [-0.3, -0.25) is 0 Å². The number of hydrogen-bond acceptors (Lipinski definition) is 3. The van der Waals surface area contributed by atoms with Crippen LogP contribution in [0.5, 0.6) is 0 Å². The third kappa shape index (κ3) is 2.85. The molecule has 0 amide bonds. The molecule has 0 radical (unpaired) electrons. The first-order valence-electron chi connectivity index (χ1n) is 4.69. The summed E-state index contributed by atoms with van der Waals surface area (Å²) in [4.78, 5) is 1.11. The van der Waals surface area contributed by atoms with Crippen LogP contribution in [-0.2, 0) is 0 Å². The van der Waals surface area contributed by atoms with Crippen molar-refractivity contribution in [1.82, 2.24) is 0 Å². The van der Waals surface area contributed by atoms with Gasteiger partial charge >= 0.3 is 0 Å². The third-order valence-corrected chi connectivity index (χ3v) is 4.57. The van der Waals surface area contributed by atoms with E-state index < -0.39 is 0 Å². The van der Waals surface area contributed by atoms with E-state index in [0.29, 0.717) is 5.92 Å². The molecule has 0 bridgehead atoms. The molecule has 14 heavy (non-hydrogen) atoms. The predicted octanol–water partition coefficient (Wildman–Crippen LogP) is 3.66. The van der Waals surface area contributed by atoms with Gasteiger partial charge in [-0.2, -0.15) is 12.6 Å². The molecule has 1 rings (SSSR count). The molecule has 0 aliphatic heterocycles. The number of thioether (sulfide) groups is 1. The van der Waals surface area contributed by atoms with Crippen LogP contribution in [0.15, 0.2) is 29.2 Å². The molecule has 0 fully saturated rings. The summed E-state index contributed by atoms with van der Waals surface area (Å²) in [5, 5.41) is 0. The monoisotopic (exact) mass is 227 g/mol. The molecule has 1 unspecified atom stereocenters. The van der Waals surface area contributed by atoms with E-state index in [-0.39, 0.29) is 4.08 Å². The number of benzene rings is 1. The molecule has 0 spiro atoms. The third-order valence-electron chi connectivity index (χ3n) is 2.31. The van der Waals surface area contributed by atoms with Crippen LogP contribution in [0.3, 0.4) is 0 Å². The molecule has 78 valence electrons. The molecule has 1 nitrogen and oxygen atoms in total. The average molecular weight is 227 g/mol. The second kappa shape index (κ2) is 4.49. The smallest absolute Gasteiger partial charge is 0.0624 e. The van der Waals surface area contributed by atoms with Gasteiger partial charge in [0.1, 0.15) is 0 Å². The summed E-state index contributed by atoms with van der Waals surface area (Å²) in [6.07, 6.45) is 0. The predicted molar refractivity (Wildman–Crippen MR) is 68.9 cm³/mol. The number of anilines is 1. The molecule has 1 atom stereocenters. The van der Waals surface area contributed by atoms with E-state index in [4.69, 9.17) is 5.73 Å². The van der Waals surface area contributed by atoms with Gasteiger partial charge in [-0.1, -0.05) is 26.0 Å². The van der Waals surface area contributed by atoms with Gasteiger partial charge in [-0.25, -0.2) is 0 Å². The molecule has 2 N–H and O–H groups in total. The van der Waals surface area contributed by atoms with Crippen molar-refractivity contribution in [2.24, 2.45) is 5.92 Å². The van der Waals surface area contributed by atoms with E-state index in [0.717, 1.165) is 10.6 Å². The average Bonchev–Trinajstić information content (AvgIpc) is 2.08.